The first-order valence-electron chi connectivity index (χ1n) is 16.5. The maximum atomic E-state index is 13.6. The van der Waals surface area contributed by atoms with Crippen LogP contribution in [0.3, 0.4) is 0 Å². The Morgan fingerprint density at radius 3 is 2.09 bits per heavy atom. The molecule has 14 heteroatoms. The maximum Gasteiger partial charge on any atom is 0.475 e. The molecule has 3 aromatic carbocycles. The van der Waals surface area contributed by atoms with E-state index in [0.717, 1.165) is 28.1 Å². The third-order valence-electron chi connectivity index (χ3n) is 8.18. The third-order valence-corrected chi connectivity index (χ3v) is 9.57. The lowest BCUT2D eigenvalue weighted by molar-refractivity contribution is -0.118. The minimum atomic E-state index is -4.11. The van der Waals surface area contributed by atoms with Crippen LogP contribution in [0, 0.1) is 0 Å². The topological polar surface area (TPSA) is 176 Å². The number of hydrogen-bond donors (Lipinski definition) is 2. The van der Waals surface area contributed by atoms with Crippen molar-refractivity contribution in [1.82, 2.24) is 20.3 Å². The van der Waals surface area contributed by atoms with Gasteiger partial charge in [0.05, 0.1) is 42.3 Å². The molecule has 1 aliphatic rings. The number of hydrogen-bond acceptors (Lipinski definition) is 11. The van der Waals surface area contributed by atoms with E-state index in [1.165, 1.54) is 19.1 Å². The summed E-state index contributed by atoms with van der Waals surface area (Å²) in [6.45, 7) is 0.517. The largest absolute Gasteiger partial charge is 0.475 e. The van der Waals surface area contributed by atoms with Crippen molar-refractivity contribution >= 4 is 53.1 Å². The molecule has 3 heterocycles. The number of Topliss-reactive ketones (excluding diaryl/α,β-unsaturated/α-hetero) is 1. The molecular weight excluding hydrogens is 699 g/mol. The minimum absolute atomic E-state index is 0.0364. The summed E-state index contributed by atoms with van der Waals surface area (Å²) in [6.07, 6.45) is 1.06. The first kappa shape index (κ1) is 35.3. The third kappa shape index (κ3) is 7.88. The van der Waals surface area contributed by atoms with Gasteiger partial charge >= 0.3 is 13.8 Å². The predicted molar refractivity (Wildman–Crippen MR) is 194 cm³/mol. The molecule has 266 valence electrons. The van der Waals surface area contributed by atoms with E-state index in [2.05, 4.69) is 20.3 Å². The van der Waals surface area contributed by atoms with E-state index < -0.39 is 31.3 Å². The number of fused-ring (bicyclic) bond motifs is 4. The van der Waals surface area contributed by atoms with Crippen LogP contribution in [0.5, 0.6) is 0 Å². The number of allylic oxidation sites excluding steroid dienone is 2. The average molecular weight is 731 g/mol. The lowest BCUT2D eigenvalue weighted by Gasteiger charge is -2.18. The van der Waals surface area contributed by atoms with Gasteiger partial charge in [0.1, 0.15) is 23.7 Å². The summed E-state index contributed by atoms with van der Waals surface area (Å²) < 4.78 is 36.0. The van der Waals surface area contributed by atoms with Gasteiger partial charge in [-0.2, -0.15) is 0 Å². The number of aromatic amines is 1. The molecule has 53 heavy (non-hydrogen) atoms. The Kier molecular flexibility index (Phi) is 10.2. The number of rotatable bonds is 13. The van der Waals surface area contributed by atoms with Crippen molar-refractivity contribution in [3.05, 3.63) is 143 Å². The molecule has 6 aromatic rings. The van der Waals surface area contributed by atoms with Gasteiger partial charge in [-0.25, -0.2) is 19.3 Å². The fourth-order valence-corrected chi connectivity index (χ4v) is 6.84. The van der Waals surface area contributed by atoms with Crippen molar-refractivity contribution in [3.63, 3.8) is 0 Å². The summed E-state index contributed by atoms with van der Waals surface area (Å²) in [5, 5.41) is 3.80. The molecule has 0 aliphatic heterocycles. The van der Waals surface area contributed by atoms with Crippen molar-refractivity contribution in [2.24, 2.45) is 0 Å². The molecule has 1 amide bonds. The highest BCUT2D eigenvalue weighted by Crippen LogP contribution is 2.51. The van der Waals surface area contributed by atoms with E-state index in [0.29, 0.717) is 10.9 Å². The Morgan fingerprint density at radius 2 is 1.42 bits per heavy atom. The van der Waals surface area contributed by atoms with Gasteiger partial charge < -0.3 is 15.0 Å². The molecule has 0 radical (unpaired) electrons. The Morgan fingerprint density at radius 1 is 0.755 bits per heavy atom. The highest BCUT2D eigenvalue weighted by molar-refractivity contribution is 7.48. The zero-order valence-electron chi connectivity index (χ0n) is 28.2. The number of nitrogens with one attached hydrogen (secondary N) is 2. The molecular formula is C39H31N4O9P. The molecule has 7 rings (SSSR count). The zero-order valence-corrected chi connectivity index (χ0v) is 29.1. The second-order valence-electron chi connectivity index (χ2n) is 11.9. The summed E-state index contributed by atoms with van der Waals surface area (Å²) in [6, 6.07) is 30.2. The summed E-state index contributed by atoms with van der Waals surface area (Å²) in [7, 11) is -4.11. The second kappa shape index (κ2) is 15.2. The lowest BCUT2D eigenvalue weighted by Crippen LogP contribution is -2.30. The molecule has 0 fully saturated rings. The number of nitrogens with zero attached hydrogens (tertiary/aromatic N) is 2. The number of phosphoric ester groups is 1. The highest BCUT2D eigenvalue weighted by atomic mass is 31.2. The summed E-state index contributed by atoms with van der Waals surface area (Å²) >= 11 is 0. The van der Waals surface area contributed by atoms with Gasteiger partial charge in [-0.15, -0.1) is 0 Å². The van der Waals surface area contributed by atoms with Crippen LogP contribution in [0.2, 0.25) is 0 Å². The fraction of sp³-hybridized carbons (Fsp3) is 0.128. The number of H-pyrrole nitrogens is 1. The van der Waals surface area contributed by atoms with E-state index in [4.69, 9.17) is 18.3 Å². The molecule has 0 atom stereocenters. The van der Waals surface area contributed by atoms with Crippen LogP contribution in [0.15, 0.2) is 115 Å². The molecule has 1 aliphatic carbocycles. The summed E-state index contributed by atoms with van der Waals surface area (Å²) in [5.41, 5.74) is 2.83. The Balaban J connectivity index is 1.12. The Bertz CT molecular complexity index is 2420. The van der Waals surface area contributed by atoms with E-state index in [1.54, 1.807) is 6.07 Å². The molecule has 3 aromatic heterocycles. The summed E-state index contributed by atoms with van der Waals surface area (Å²) in [4.78, 5) is 63.6. The monoisotopic (exact) mass is 730 g/mol. The molecule has 0 bridgehead atoms. The predicted octanol–water partition coefficient (Wildman–Crippen LogP) is 6.89. The average Bonchev–Trinajstić information content (AvgIpc) is 3.56. The van der Waals surface area contributed by atoms with Crippen LogP contribution in [0.4, 0.5) is 0 Å². The number of esters is 1. The number of phosphoric acid groups is 1. The minimum Gasteiger partial charge on any atom is -0.458 e. The fourth-order valence-electron chi connectivity index (χ4n) is 5.71. The number of ketones is 2. The standard InChI is InChI=1S/C39H31N4O9P/c1-24(44)40-32-21-34(45)28-16-17-31(42-36(28)38(32)46)37-35-29(27-14-8-9-15-30(27)41-35)20-33(43-37)39(47)49-18-19-50-53(48,51-22-25-10-4-2-5-11-25)52-23-26-12-6-3-7-13-26/h2-17,20-21,41H,18-19,22-23H2,1H3,(H,40,44). The van der Waals surface area contributed by atoms with Gasteiger partial charge in [0.25, 0.3) is 0 Å². The molecule has 0 spiro atoms. The molecule has 0 saturated heterocycles. The van der Waals surface area contributed by atoms with E-state index >= 15 is 0 Å². The van der Waals surface area contributed by atoms with Crippen molar-refractivity contribution in [1.29, 1.82) is 0 Å². The number of pyridine rings is 2. The van der Waals surface area contributed by atoms with E-state index in [9.17, 15) is 23.7 Å². The van der Waals surface area contributed by atoms with Crippen LogP contribution in [-0.4, -0.2) is 51.6 Å². The smallest absolute Gasteiger partial charge is 0.458 e. The van der Waals surface area contributed by atoms with Crippen LogP contribution < -0.4 is 5.32 Å². The van der Waals surface area contributed by atoms with Crippen LogP contribution >= 0.6 is 7.82 Å². The second-order valence-corrected chi connectivity index (χ2v) is 13.6. The van der Waals surface area contributed by atoms with Crippen LogP contribution in [0.1, 0.15) is 49.4 Å². The summed E-state index contributed by atoms with van der Waals surface area (Å²) in [5.74, 6) is -2.46. The Labute approximate surface area is 302 Å². The number of carbonyl (C=O) groups is 4. The number of para-hydroxylation sites is 1. The van der Waals surface area contributed by atoms with Gasteiger partial charge in [-0.1, -0.05) is 78.9 Å². The van der Waals surface area contributed by atoms with Gasteiger partial charge in [0.15, 0.2) is 5.78 Å². The van der Waals surface area contributed by atoms with Crippen molar-refractivity contribution < 1.29 is 42.1 Å². The van der Waals surface area contributed by atoms with Gasteiger partial charge in [-0.3, -0.25) is 28.0 Å². The van der Waals surface area contributed by atoms with Crippen molar-refractivity contribution in [2.75, 3.05) is 13.2 Å². The van der Waals surface area contributed by atoms with Crippen LogP contribution in [0.25, 0.3) is 33.2 Å². The molecule has 0 unspecified atom stereocenters. The number of carbonyl (C=O) groups excluding carboxylic acids is 4. The molecule has 0 saturated carbocycles. The van der Waals surface area contributed by atoms with E-state index in [1.807, 2.05) is 84.9 Å². The Hall–Kier alpha value is -6.11. The van der Waals surface area contributed by atoms with Gasteiger partial charge in [0, 0.05) is 29.3 Å². The van der Waals surface area contributed by atoms with Gasteiger partial charge in [0.2, 0.25) is 11.7 Å². The SMILES string of the molecule is CC(=O)NC1=CC(=O)c2ccc(-c3nc(C(=O)OCCOP(=O)(OCc4ccccc4)OCc4ccccc4)cc4c3[nH]c3ccccc34)nc2C1=O. The van der Waals surface area contributed by atoms with Gasteiger partial charge in [-0.05, 0) is 35.4 Å². The lowest BCUT2D eigenvalue weighted by atomic mass is 9.96. The van der Waals surface area contributed by atoms with Crippen molar-refractivity contribution in [3.8, 4) is 11.4 Å². The number of ether oxygens (including phenoxy) is 1. The van der Waals surface area contributed by atoms with E-state index in [-0.39, 0.29) is 60.5 Å². The normalized spacial score (nSPS) is 12.8. The van der Waals surface area contributed by atoms with Crippen LogP contribution in [-0.2, 0) is 40.9 Å². The highest BCUT2D eigenvalue weighted by Gasteiger charge is 2.30. The maximum absolute atomic E-state index is 13.6. The number of aromatic nitrogens is 3. The zero-order chi connectivity index (χ0) is 37.0. The first-order chi connectivity index (χ1) is 25.7. The quantitative estimate of drug-likeness (QED) is 0.0719. The number of benzene rings is 3. The number of amides is 1. The molecule has 2 N–H and O–H groups in total. The van der Waals surface area contributed by atoms with Crippen molar-refractivity contribution in [2.45, 2.75) is 20.1 Å². The first-order valence-corrected chi connectivity index (χ1v) is 17.9. The molecule has 13 nitrogen and oxygen atoms in total.